The third-order valence-electron chi connectivity index (χ3n) is 4.34. The van der Waals surface area contributed by atoms with Gasteiger partial charge in [-0.25, -0.2) is 0 Å². The number of nitrogens with one attached hydrogen (secondary N) is 2. The van der Waals surface area contributed by atoms with Crippen molar-refractivity contribution in [2.45, 2.75) is 32.4 Å². The first kappa shape index (κ1) is 16.5. The van der Waals surface area contributed by atoms with E-state index >= 15 is 0 Å². The summed E-state index contributed by atoms with van der Waals surface area (Å²) in [6.45, 7) is 4.46. The molecule has 0 saturated carbocycles. The summed E-state index contributed by atoms with van der Waals surface area (Å²) in [6.07, 6.45) is 1.39. The van der Waals surface area contributed by atoms with Crippen LogP contribution in [0.1, 0.15) is 23.1 Å². The molecular weight excluding hydrogens is 300 g/mol. The summed E-state index contributed by atoms with van der Waals surface area (Å²) in [6, 6.07) is 16.2. The lowest BCUT2D eigenvalue weighted by atomic mass is 10.1. The van der Waals surface area contributed by atoms with E-state index in [-0.39, 0.29) is 11.9 Å². The molecule has 126 valence electrons. The van der Waals surface area contributed by atoms with Gasteiger partial charge in [0.15, 0.2) is 0 Å². The highest BCUT2D eigenvalue weighted by atomic mass is 16.5. The minimum atomic E-state index is 0.0692. The molecule has 0 aromatic heterocycles. The fourth-order valence-corrected chi connectivity index (χ4v) is 2.92. The van der Waals surface area contributed by atoms with Crippen LogP contribution in [-0.4, -0.2) is 25.0 Å². The molecule has 2 aromatic rings. The molecule has 4 heteroatoms. The SMILES string of the molecule is Cc1ccccc1COc1cccc(CC(=O)NC2CCNC2)c1. The van der Waals surface area contributed by atoms with Crippen molar-refractivity contribution in [1.29, 1.82) is 0 Å². The first-order valence-electron chi connectivity index (χ1n) is 8.47. The molecule has 3 rings (SSSR count). The summed E-state index contributed by atoms with van der Waals surface area (Å²) >= 11 is 0. The molecule has 1 saturated heterocycles. The van der Waals surface area contributed by atoms with E-state index in [0.29, 0.717) is 13.0 Å². The Kier molecular flexibility index (Phi) is 5.49. The predicted molar refractivity (Wildman–Crippen MR) is 95.1 cm³/mol. The summed E-state index contributed by atoms with van der Waals surface area (Å²) in [5, 5.41) is 6.32. The van der Waals surface area contributed by atoms with Crippen LogP contribution < -0.4 is 15.4 Å². The zero-order chi connectivity index (χ0) is 16.8. The molecule has 1 heterocycles. The van der Waals surface area contributed by atoms with Gasteiger partial charge in [-0.3, -0.25) is 4.79 Å². The standard InChI is InChI=1S/C20H24N2O2/c1-15-5-2-3-7-17(15)14-24-19-8-4-6-16(11-19)12-20(23)22-18-9-10-21-13-18/h2-8,11,18,21H,9-10,12-14H2,1H3,(H,22,23). The Morgan fingerprint density at radius 2 is 2.12 bits per heavy atom. The normalized spacial score (nSPS) is 16.8. The molecule has 1 aliphatic heterocycles. The first-order valence-corrected chi connectivity index (χ1v) is 8.47. The minimum Gasteiger partial charge on any atom is -0.489 e. The maximum Gasteiger partial charge on any atom is 0.224 e. The molecule has 4 nitrogen and oxygen atoms in total. The molecule has 0 bridgehead atoms. The molecule has 2 N–H and O–H groups in total. The summed E-state index contributed by atoms with van der Waals surface area (Å²) < 4.78 is 5.89. The summed E-state index contributed by atoms with van der Waals surface area (Å²) in [4.78, 5) is 12.1. The van der Waals surface area contributed by atoms with Crippen molar-refractivity contribution in [1.82, 2.24) is 10.6 Å². The molecule has 0 aliphatic carbocycles. The minimum absolute atomic E-state index is 0.0692. The van der Waals surface area contributed by atoms with E-state index in [2.05, 4.69) is 29.7 Å². The molecule has 24 heavy (non-hydrogen) atoms. The third kappa shape index (κ3) is 4.59. The monoisotopic (exact) mass is 324 g/mol. The fourth-order valence-electron chi connectivity index (χ4n) is 2.92. The van der Waals surface area contributed by atoms with E-state index in [1.54, 1.807) is 0 Å². The number of ether oxygens (including phenoxy) is 1. The van der Waals surface area contributed by atoms with Crippen LogP contribution in [0.15, 0.2) is 48.5 Å². The van der Waals surface area contributed by atoms with E-state index in [0.717, 1.165) is 30.8 Å². The smallest absolute Gasteiger partial charge is 0.224 e. The van der Waals surface area contributed by atoms with E-state index in [1.807, 2.05) is 36.4 Å². The van der Waals surface area contributed by atoms with E-state index in [9.17, 15) is 4.79 Å². The van der Waals surface area contributed by atoms with Crippen LogP contribution in [0.3, 0.4) is 0 Å². The molecule has 0 spiro atoms. The zero-order valence-electron chi connectivity index (χ0n) is 14.0. The van der Waals surface area contributed by atoms with E-state index in [1.165, 1.54) is 11.1 Å². The van der Waals surface area contributed by atoms with Crippen molar-refractivity contribution in [3.05, 3.63) is 65.2 Å². The van der Waals surface area contributed by atoms with Crippen molar-refractivity contribution >= 4 is 5.91 Å². The van der Waals surface area contributed by atoms with Gasteiger partial charge in [0.05, 0.1) is 6.42 Å². The van der Waals surface area contributed by atoms with Gasteiger partial charge >= 0.3 is 0 Å². The Bertz CT molecular complexity index is 694. The van der Waals surface area contributed by atoms with Gasteiger partial charge in [0.25, 0.3) is 0 Å². The third-order valence-corrected chi connectivity index (χ3v) is 4.34. The van der Waals surface area contributed by atoms with Gasteiger partial charge in [-0.1, -0.05) is 36.4 Å². The van der Waals surface area contributed by atoms with Crippen LogP contribution in [-0.2, 0) is 17.8 Å². The van der Waals surface area contributed by atoms with Crippen LogP contribution in [0.4, 0.5) is 0 Å². The number of hydrogen-bond donors (Lipinski definition) is 2. The topological polar surface area (TPSA) is 50.4 Å². The first-order chi connectivity index (χ1) is 11.7. The van der Waals surface area contributed by atoms with Crippen LogP contribution in [0.25, 0.3) is 0 Å². The molecule has 2 aromatic carbocycles. The fraction of sp³-hybridized carbons (Fsp3) is 0.350. The second-order valence-electron chi connectivity index (χ2n) is 6.30. The number of amides is 1. The number of carbonyl (C=O) groups is 1. The van der Waals surface area contributed by atoms with Gasteiger partial charge in [-0.05, 0) is 48.7 Å². The van der Waals surface area contributed by atoms with Gasteiger partial charge < -0.3 is 15.4 Å². The Labute approximate surface area is 143 Å². The number of benzene rings is 2. The molecular formula is C20H24N2O2. The molecule has 1 fully saturated rings. The number of carbonyl (C=O) groups excluding carboxylic acids is 1. The van der Waals surface area contributed by atoms with Gasteiger partial charge in [-0.2, -0.15) is 0 Å². The van der Waals surface area contributed by atoms with Crippen molar-refractivity contribution in [3.63, 3.8) is 0 Å². The molecule has 1 aliphatic rings. The maximum absolute atomic E-state index is 12.1. The van der Waals surface area contributed by atoms with Crippen molar-refractivity contribution in [2.24, 2.45) is 0 Å². The van der Waals surface area contributed by atoms with Crippen molar-refractivity contribution in [2.75, 3.05) is 13.1 Å². The lowest BCUT2D eigenvalue weighted by Gasteiger charge is -2.12. The van der Waals surface area contributed by atoms with E-state index < -0.39 is 0 Å². The van der Waals surface area contributed by atoms with Crippen LogP contribution in [0.5, 0.6) is 5.75 Å². The zero-order valence-corrected chi connectivity index (χ0v) is 14.0. The Morgan fingerprint density at radius 1 is 1.25 bits per heavy atom. The molecule has 1 unspecified atom stereocenters. The lowest BCUT2D eigenvalue weighted by molar-refractivity contribution is -0.121. The average Bonchev–Trinajstić information content (AvgIpc) is 3.07. The Morgan fingerprint density at radius 3 is 2.92 bits per heavy atom. The summed E-state index contributed by atoms with van der Waals surface area (Å²) in [7, 11) is 0. The lowest BCUT2D eigenvalue weighted by Crippen LogP contribution is -2.37. The summed E-state index contributed by atoms with van der Waals surface area (Å²) in [5.41, 5.74) is 3.37. The van der Waals surface area contributed by atoms with Gasteiger partial charge in [-0.15, -0.1) is 0 Å². The van der Waals surface area contributed by atoms with Crippen molar-refractivity contribution in [3.8, 4) is 5.75 Å². The highest BCUT2D eigenvalue weighted by molar-refractivity contribution is 5.79. The molecule has 0 radical (unpaired) electrons. The quantitative estimate of drug-likeness (QED) is 0.859. The maximum atomic E-state index is 12.1. The predicted octanol–water partition coefficient (Wildman–Crippen LogP) is 2.59. The second kappa shape index (κ2) is 7.97. The van der Waals surface area contributed by atoms with Crippen LogP contribution in [0.2, 0.25) is 0 Å². The van der Waals surface area contributed by atoms with Gasteiger partial charge in [0, 0.05) is 12.6 Å². The number of rotatable bonds is 6. The van der Waals surface area contributed by atoms with E-state index in [4.69, 9.17) is 4.74 Å². The average molecular weight is 324 g/mol. The van der Waals surface area contributed by atoms with Gasteiger partial charge in [0.2, 0.25) is 5.91 Å². The Hall–Kier alpha value is -2.33. The second-order valence-corrected chi connectivity index (χ2v) is 6.30. The van der Waals surface area contributed by atoms with Crippen molar-refractivity contribution < 1.29 is 9.53 Å². The number of aryl methyl sites for hydroxylation is 1. The number of hydrogen-bond acceptors (Lipinski definition) is 3. The highest BCUT2D eigenvalue weighted by Crippen LogP contribution is 2.17. The summed E-state index contributed by atoms with van der Waals surface area (Å²) in [5.74, 6) is 0.867. The van der Waals surface area contributed by atoms with Gasteiger partial charge in [0.1, 0.15) is 12.4 Å². The largest absolute Gasteiger partial charge is 0.489 e. The highest BCUT2D eigenvalue weighted by Gasteiger charge is 2.16. The molecule has 1 amide bonds. The Balaban J connectivity index is 1.55. The van der Waals surface area contributed by atoms with Crippen LogP contribution >= 0.6 is 0 Å². The molecule has 1 atom stereocenters. The van der Waals surface area contributed by atoms with Crippen LogP contribution in [0, 0.1) is 6.92 Å².